The largest absolute Gasteiger partial charge is 0.502 e. The van der Waals surface area contributed by atoms with E-state index in [-0.39, 0.29) is 41.9 Å². The van der Waals surface area contributed by atoms with E-state index in [4.69, 9.17) is 18.6 Å². The van der Waals surface area contributed by atoms with E-state index >= 15 is 0 Å². The molecule has 0 aliphatic carbocycles. The molecular weight excluding hydrogens is 340 g/mol. The van der Waals surface area contributed by atoms with E-state index in [0.717, 1.165) is 0 Å². The molecule has 4 rings (SSSR count). The monoisotopic (exact) mass is 358 g/mol. The number of rotatable bonds is 5. The average molecular weight is 358 g/mol. The molecule has 1 aromatic heterocycles. The molecule has 0 amide bonds. The van der Waals surface area contributed by atoms with Crippen LogP contribution in [0, 0.1) is 0 Å². The SMILES string of the molecule is C=C1CC(C[C@]2(C)O[C@H]2COc2ccc3ccc(=O)oc3c2O)OC1=O. The van der Waals surface area contributed by atoms with Crippen molar-refractivity contribution in [2.75, 3.05) is 6.61 Å². The number of carbonyl (C=O) groups excluding carboxylic acids is 1. The summed E-state index contributed by atoms with van der Waals surface area (Å²) in [5, 5.41) is 10.9. The third kappa shape index (κ3) is 2.94. The first kappa shape index (κ1) is 16.7. The van der Waals surface area contributed by atoms with Crippen molar-refractivity contribution in [2.45, 2.75) is 37.6 Å². The Kier molecular flexibility index (Phi) is 3.77. The van der Waals surface area contributed by atoms with Gasteiger partial charge in [-0.3, -0.25) is 0 Å². The van der Waals surface area contributed by atoms with Gasteiger partial charge in [0.15, 0.2) is 11.3 Å². The van der Waals surface area contributed by atoms with Gasteiger partial charge in [-0.05, 0) is 25.1 Å². The molecule has 3 heterocycles. The Morgan fingerprint density at radius 2 is 2.08 bits per heavy atom. The second kappa shape index (κ2) is 5.88. The number of epoxide rings is 1. The molecule has 2 aromatic rings. The van der Waals surface area contributed by atoms with Crippen molar-refractivity contribution in [2.24, 2.45) is 0 Å². The predicted octanol–water partition coefficient (Wildman–Crippen LogP) is 2.30. The first-order chi connectivity index (χ1) is 12.4. The number of phenolic OH excluding ortho intramolecular Hbond substituents is 1. The molecule has 0 saturated carbocycles. The van der Waals surface area contributed by atoms with Crippen molar-refractivity contribution in [3.05, 3.63) is 46.8 Å². The number of hydrogen-bond acceptors (Lipinski definition) is 7. The van der Waals surface area contributed by atoms with Gasteiger partial charge in [-0.2, -0.15) is 0 Å². The smallest absolute Gasteiger partial charge is 0.336 e. The number of hydrogen-bond donors (Lipinski definition) is 1. The summed E-state index contributed by atoms with van der Waals surface area (Å²) in [7, 11) is 0. The van der Waals surface area contributed by atoms with Crippen LogP contribution in [0.4, 0.5) is 0 Å². The van der Waals surface area contributed by atoms with Gasteiger partial charge in [-0.1, -0.05) is 6.58 Å². The molecule has 136 valence electrons. The number of cyclic esters (lactones) is 1. The summed E-state index contributed by atoms with van der Waals surface area (Å²) < 4.78 is 21.6. The highest BCUT2D eigenvalue weighted by molar-refractivity contribution is 5.89. The fraction of sp³-hybridized carbons (Fsp3) is 0.368. The summed E-state index contributed by atoms with van der Waals surface area (Å²) in [5.41, 5.74) is -0.426. The van der Waals surface area contributed by atoms with E-state index < -0.39 is 11.2 Å². The predicted molar refractivity (Wildman–Crippen MR) is 91.2 cm³/mol. The molecule has 1 N–H and O–H groups in total. The van der Waals surface area contributed by atoms with Crippen LogP contribution >= 0.6 is 0 Å². The number of fused-ring (bicyclic) bond motifs is 1. The lowest BCUT2D eigenvalue weighted by Crippen LogP contribution is -2.22. The Balaban J connectivity index is 1.40. The second-order valence-corrected chi connectivity index (χ2v) is 6.85. The molecule has 26 heavy (non-hydrogen) atoms. The number of esters is 1. The summed E-state index contributed by atoms with van der Waals surface area (Å²) in [5.74, 6) is -0.358. The molecule has 3 atom stereocenters. The summed E-state index contributed by atoms with van der Waals surface area (Å²) in [4.78, 5) is 22.7. The quantitative estimate of drug-likeness (QED) is 0.379. The van der Waals surface area contributed by atoms with Crippen molar-refractivity contribution >= 4 is 16.9 Å². The standard InChI is InChI=1S/C19H18O7/c1-10-7-12(24-18(10)22)8-19(2)14(26-19)9-23-13-5-3-11-4-6-15(20)25-17(11)16(13)21/h3-6,12,14,21H,1,7-9H2,2H3/t12?,14-,19-/m0/s1. The number of ether oxygens (including phenoxy) is 3. The third-order valence-corrected chi connectivity index (χ3v) is 4.82. The van der Waals surface area contributed by atoms with Crippen LogP contribution in [0.3, 0.4) is 0 Å². The van der Waals surface area contributed by atoms with Gasteiger partial charge in [0.2, 0.25) is 5.75 Å². The molecule has 2 fully saturated rings. The lowest BCUT2D eigenvalue weighted by molar-refractivity contribution is -0.139. The van der Waals surface area contributed by atoms with Crippen molar-refractivity contribution < 1.29 is 28.5 Å². The highest BCUT2D eigenvalue weighted by Crippen LogP contribution is 2.43. The minimum Gasteiger partial charge on any atom is -0.502 e. The van der Waals surface area contributed by atoms with E-state index in [0.29, 0.717) is 23.8 Å². The second-order valence-electron chi connectivity index (χ2n) is 6.85. The molecule has 1 unspecified atom stereocenters. The van der Waals surface area contributed by atoms with E-state index in [1.807, 2.05) is 6.92 Å². The topological polar surface area (TPSA) is 98.5 Å². The zero-order valence-electron chi connectivity index (χ0n) is 14.2. The number of phenols is 1. The van der Waals surface area contributed by atoms with Crippen molar-refractivity contribution in [1.29, 1.82) is 0 Å². The summed E-state index contributed by atoms with van der Waals surface area (Å²) in [6.45, 7) is 5.81. The van der Waals surface area contributed by atoms with Crippen LogP contribution in [-0.4, -0.2) is 35.5 Å². The summed E-state index contributed by atoms with van der Waals surface area (Å²) in [6, 6.07) is 6.17. The van der Waals surface area contributed by atoms with E-state index in [1.54, 1.807) is 18.2 Å². The lowest BCUT2D eigenvalue weighted by atomic mass is 9.98. The van der Waals surface area contributed by atoms with E-state index in [1.165, 1.54) is 6.07 Å². The Bertz CT molecular complexity index is 944. The minimum absolute atomic E-state index is 0.0888. The normalized spacial score (nSPS) is 27.6. The van der Waals surface area contributed by atoms with E-state index in [2.05, 4.69) is 6.58 Å². The Hall–Kier alpha value is -2.80. The maximum absolute atomic E-state index is 11.4. The number of carbonyl (C=O) groups is 1. The van der Waals surface area contributed by atoms with Gasteiger partial charge in [-0.15, -0.1) is 0 Å². The Morgan fingerprint density at radius 3 is 2.81 bits per heavy atom. The van der Waals surface area contributed by atoms with Crippen LogP contribution in [0.1, 0.15) is 19.8 Å². The molecule has 2 aliphatic heterocycles. The molecule has 7 nitrogen and oxygen atoms in total. The Labute approximate surface area is 148 Å². The number of aromatic hydroxyl groups is 1. The highest BCUT2D eigenvalue weighted by atomic mass is 16.6. The van der Waals surface area contributed by atoms with Crippen molar-refractivity contribution in [3.8, 4) is 11.5 Å². The molecule has 0 spiro atoms. The maximum Gasteiger partial charge on any atom is 0.336 e. The van der Waals surface area contributed by atoms with Gasteiger partial charge in [-0.25, -0.2) is 9.59 Å². The van der Waals surface area contributed by atoms with Crippen molar-refractivity contribution in [1.82, 2.24) is 0 Å². The zero-order chi connectivity index (χ0) is 18.5. The molecule has 2 saturated heterocycles. The fourth-order valence-corrected chi connectivity index (χ4v) is 3.26. The third-order valence-electron chi connectivity index (χ3n) is 4.82. The van der Waals surface area contributed by atoms with Gasteiger partial charge >= 0.3 is 11.6 Å². The van der Waals surface area contributed by atoms with Gasteiger partial charge in [0.25, 0.3) is 0 Å². The molecule has 1 aromatic carbocycles. The minimum atomic E-state index is -0.546. The molecule has 0 bridgehead atoms. The lowest BCUT2D eigenvalue weighted by Gasteiger charge is -2.13. The molecular formula is C19H18O7. The first-order valence-electron chi connectivity index (χ1n) is 8.31. The molecule has 7 heteroatoms. The van der Waals surface area contributed by atoms with E-state index in [9.17, 15) is 14.7 Å². The summed E-state index contributed by atoms with van der Waals surface area (Å²) >= 11 is 0. The first-order valence-corrected chi connectivity index (χ1v) is 8.31. The highest BCUT2D eigenvalue weighted by Gasteiger charge is 2.55. The van der Waals surface area contributed by atoms with Crippen LogP contribution < -0.4 is 10.4 Å². The van der Waals surface area contributed by atoms with Gasteiger partial charge in [0, 0.05) is 29.9 Å². The van der Waals surface area contributed by atoms with Crippen LogP contribution in [0.5, 0.6) is 11.5 Å². The fourth-order valence-electron chi connectivity index (χ4n) is 3.26. The molecule has 2 aliphatic rings. The summed E-state index contributed by atoms with van der Waals surface area (Å²) in [6.07, 6.45) is 0.654. The zero-order valence-corrected chi connectivity index (χ0v) is 14.2. The van der Waals surface area contributed by atoms with Crippen LogP contribution in [0.2, 0.25) is 0 Å². The number of benzene rings is 1. The average Bonchev–Trinajstić information content (AvgIpc) is 3.12. The van der Waals surface area contributed by atoms with Crippen LogP contribution in [-0.2, 0) is 14.3 Å². The van der Waals surface area contributed by atoms with Crippen LogP contribution in [0.25, 0.3) is 11.0 Å². The van der Waals surface area contributed by atoms with Crippen molar-refractivity contribution in [3.63, 3.8) is 0 Å². The molecule has 0 radical (unpaired) electrons. The van der Waals surface area contributed by atoms with Gasteiger partial charge in [0.05, 0.1) is 5.60 Å². The van der Waals surface area contributed by atoms with Gasteiger partial charge in [0.1, 0.15) is 18.8 Å². The van der Waals surface area contributed by atoms with Crippen LogP contribution in [0.15, 0.2) is 45.6 Å². The van der Waals surface area contributed by atoms with Gasteiger partial charge < -0.3 is 23.7 Å². The maximum atomic E-state index is 11.4. The Morgan fingerprint density at radius 1 is 1.31 bits per heavy atom.